The van der Waals surface area contributed by atoms with E-state index in [-0.39, 0.29) is 0 Å². The van der Waals surface area contributed by atoms with Crippen molar-refractivity contribution in [3.05, 3.63) is 12.7 Å². The fraction of sp³-hybridized carbons (Fsp3) is 0.857. The Labute approximate surface area is 95.3 Å². The smallest absolute Gasteiger partial charge is 0.00672 e. The van der Waals surface area contributed by atoms with Crippen LogP contribution in [0.15, 0.2) is 12.7 Å². The molecule has 0 aromatic heterocycles. The molecule has 0 heterocycles. The van der Waals surface area contributed by atoms with Crippen molar-refractivity contribution in [2.24, 2.45) is 5.92 Å². The predicted octanol–water partition coefficient (Wildman–Crippen LogP) is 3.90. The summed E-state index contributed by atoms with van der Waals surface area (Å²) in [6, 6.07) is 0.808. The molecule has 0 saturated heterocycles. The van der Waals surface area contributed by atoms with Gasteiger partial charge in [0.2, 0.25) is 0 Å². The van der Waals surface area contributed by atoms with E-state index in [4.69, 9.17) is 0 Å². The molecule has 1 N–H and O–H groups in total. The molecule has 1 fully saturated rings. The number of unbranched alkanes of at least 4 members (excludes halogenated alkanes) is 1. The van der Waals surface area contributed by atoms with Crippen LogP contribution in [0.25, 0.3) is 0 Å². The monoisotopic (exact) mass is 209 g/mol. The van der Waals surface area contributed by atoms with E-state index in [1.807, 2.05) is 6.08 Å². The average Bonchev–Trinajstić information content (AvgIpc) is 2.27. The van der Waals surface area contributed by atoms with Crippen molar-refractivity contribution in [3.63, 3.8) is 0 Å². The van der Waals surface area contributed by atoms with Gasteiger partial charge in [0.05, 0.1) is 0 Å². The molecule has 0 aliphatic heterocycles. The number of nitrogens with one attached hydrogen (secondary N) is 1. The molecule has 0 bridgehead atoms. The normalized spacial score (nSPS) is 26.5. The Morgan fingerprint density at radius 3 is 2.60 bits per heavy atom. The van der Waals surface area contributed by atoms with Gasteiger partial charge < -0.3 is 5.32 Å². The maximum atomic E-state index is 3.75. The molecule has 0 radical (unpaired) electrons. The Morgan fingerprint density at radius 2 is 2.00 bits per heavy atom. The zero-order valence-corrected chi connectivity index (χ0v) is 10.3. The van der Waals surface area contributed by atoms with Crippen LogP contribution < -0.4 is 5.32 Å². The molecule has 0 aromatic carbocycles. The highest BCUT2D eigenvalue weighted by molar-refractivity contribution is 4.77. The first-order chi connectivity index (χ1) is 7.36. The van der Waals surface area contributed by atoms with E-state index in [1.54, 1.807) is 0 Å². The Hall–Kier alpha value is -0.300. The first-order valence-electron chi connectivity index (χ1n) is 6.71. The van der Waals surface area contributed by atoms with Gasteiger partial charge in [-0.3, -0.25) is 0 Å². The van der Waals surface area contributed by atoms with Crippen molar-refractivity contribution in [2.75, 3.05) is 6.54 Å². The maximum absolute atomic E-state index is 3.75. The minimum atomic E-state index is 0.808. The van der Waals surface area contributed by atoms with Crippen molar-refractivity contribution in [1.82, 2.24) is 5.32 Å². The van der Waals surface area contributed by atoms with Crippen molar-refractivity contribution < 1.29 is 0 Å². The Kier molecular flexibility index (Phi) is 6.74. The lowest BCUT2D eigenvalue weighted by molar-refractivity contribution is 0.278. The highest BCUT2D eigenvalue weighted by Crippen LogP contribution is 2.27. The summed E-state index contributed by atoms with van der Waals surface area (Å²) in [4.78, 5) is 0. The lowest BCUT2D eigenvalue weighted by atomic mass is 9.83. The second-order valence-corrected chi connectivity index (χ2v) is 4.89. The Morgan fingerprint density at radius 1 is 1.27 bits per heavy atom. The highest BCUT2D eigenvalue weighted by Gasteiger charge is 2.19. The molecule has 0 amide bonds. The van der Waals surface area contributed by atoms with Crippen LogP contribution in [0.3, 0.4) is 0 Å². The van der Waals surface area contributed by atoms with Crippen LogP contribution in [0.2, 0.25) is 0 Å². The second-order valence-electron chi connectivity index (χ2n) is 4.89. The van der Waals surface area contributed by atoms with E-state index in [1.165, 1.54) is 51.5 Å². The number of allylic oxidation sites excluding steroid dienone is 1. The van der Waals surface area contributed by atoms with Gasteiger partial charge in [-0.1, -0.05) is 25.8 Å². The molecular weight excluding hydrogens is 182 g/mol. The fourth-order valence-electron chi connectivity index (χ4n) is 2.62. The molecule has 0 aromatic rings. The molecule has 88 valence electrons. The van der Waals surface area contributed by atoms with Gasteiger partial charge in [0.15, 0.2) is 0 Å². The lowest BCUT2D eigenvalue weighted by Gasteiger charge is -2.29. The van der Waals surface area contributed by atoms with Gasteiger partial charge in [-0.15, -0.1) is 6.58 Å². The van der Waals surface area contributed by atoms with E-state index >= 15 is 0 Å². The maximum Gasteiger partial charge on any atom is 0.00672 e. The average molecular weight is 209 g/mol. The third kappa shape index (κ3) is 5.36. The van der Waals surface area contributed by atoms with Gasteiger partial charge in [0.25, 0.3) is 0 Å². The van der Waals surface area contributed by atoms with Crippen LogP contribution in [0.5, 0.6) is 0 Å². The zero-order valence-electron chi connectivity index (χ0n) is 10.3. The van der Waals surface area contributed by atoms with E-state index in [0.29, 0.717) is 0 Å². The molecule has 0 atom stereocenters. The minimum absolute atomic E-state index is 0.808. The molecule has 1 rings (SSSR count). The zero-order chi connectivity index (χ0) is 10.9. The van der Waals surface area contributed by atoms with Crippen molar-refractivity contribution in [2.45, 2.75) is 64.3 Å². The van der Waals surface area contributed by atoms with Crippen molar-refractivity contribution >= 4 is 0 Å². The molecular formula is C14H27N. The number of hydrogen-bond donors (Lipinski definition) is 1. The van der Waals surface area contributed by atoms with Gasteiger partial charge in [-0.2, -0.15) is 0 Å². The largest absolute Gasteiger partial charge is 0.314 e. The molecule has 0 spiro atoms. The Balaban J connectivity index is 2.01. The van der Waals surface area contributed by atoms with Crippen LogP contribution in [0.4, 0.5) is 0 Å². The van der Waals surface area contributed by atoms with Gasteiger partial charge in [0, 0.05) is 6.04 Å². The van der Waals surface area contributed by atoms with Gasteiger partial charge >= 0.3 is 0 Å². The quantitative estimate of drug-likeness (QED) is 0.495. The number of rotatable bonds is 7. The molecule has 1 aliphatic rings. The third-order valence-corrected chi connectivity index (χ3v) is 3.56. The summed E-state index contributed by atoms with van der Waals surface area (Å²) in [7, 11) is 0. The standard InChI is InChI=1S/C14H27N/c1-3-5-6-12-15-14-10-8-13(7-4-2)9-11-14/h3,13-15H,1,4-12H2,2H3. The SMILES string of the molecule is C=CCCCNC1CCC(CCC)CC1. The van der Waals surface area contributed by atoms with Crippen LogP contribution in [0.1, 0.15) is 58.3 Å². The topological polar surface area (TPSA) is 12.0 Å². The van der Waals surface area contributed by atoms with E-state index < -0.39 is 0 Å². The molecule has 1 heteroatoms. The summed E-state index contributed by atoms with van der Waals surface area (Å²) in [5.74, 6) is 1.03. The molecule has 1 nitrogen and oxygen atoms in total. The second kappa shape index (κ2) is 7.92. The summed E-state index contributed by atoms with van der Waals surface area (Å²) >= 11 is 0. The molecule has 0 unspecified atom stereocenters. The van der Waals surface area contributed by atoms with Crippen molar-refractivity contribution in [3.8, 4) is 0 Å². The van der Waals surface area contributed by atoms with E-state index in [2.05, 4.69) is 18.8 Å². The Bertz CT molecular complexity index is 157. The van der Waals surface area contributed by atoms with Crippen LogP contribution >= 0.6 is 0 Å². The van der Waals surface area contributed by atoms with Gasteiger partial charge in [0.1, 0.15) is 0 Å². The van der Waals surface area contributed by atoms with E-state index in [0.717, 1.165) is 18.4 Å². The summed E-state index contributed by atoms with van der Waals surface area (Å²) in [6.45, 7) is 7.23. The summed E-state index contributed by atoms with van der Waals surface area (Å²) < 4.78 is 0. The molecule has 15 heavy (non-hydrogen) atoms. The first kappa shape index (κ1) is 12.8. The minimum Gasteiger partial charge on any atom is -0.314 e. The van der Waals surface area contributed by atoms with Crippen molar-refractivity contribution in [1.29, 1.82) is 0 Å². The summed E-state index contributed by atoms with van der Waals surface area (Å²) in [5.41, 5.74) is 0. The van der Waals surface area contributed by atoms with Crippen LogP contribution in [-0.4, -0.2) is 12.6 Å². The summed E-state index contributed by atoms with van der Waals surface area (Å²) in [5, 5.41) is 3.67. The first-order valence-corrected chi connectivity index (χ1v) is 6.71. The third-order valence-electron chi connectivity index (χ3n) is 3.56. The lowest BCUT2D eigenvalue weighted by Crippen LogP contribution is -2.33. The van der Waals surface area contributed by atoms with Gasteiger partial charge in [-0.05, 0) is 51.0 Å². The van der Waals surface area contributed by atoms with Crippen LogP contribution in [0, 0.1) is 5.92 Å². The van der Waals surface area contributed by atoms with E-state index in [9.17, 15) is 0 Å². The van der Waals surface area contributed by atoms with Gasteiger partial charge in [-0.25, -0.2) is 0 Å². The predicted molar refractivity (Wildman–Crippen MR) is 68.1 cm³/mol. The fourth-order valence-corrected chi connectivity index (χ4v) is 2.62. The highest BCUT2D eigenvalue weighted by atomic mass is 14.9. The van der Waals surface area contributed by atoms with Crippen LogP contribution in [-0.2, 0) is 0 Å². The molecule has 1 saturated carbocycles. The molecule has 1 aliphatic carbocycles. The number of hydrogen-bond acceptors (Lipinski definition) is 1. The summed E-state index contributed by atoms with van der Waals surface area (Å²) in [6.07, 6.45) is 12.9.